The highest BCUT2D eigenvalue weighted by molar-refractivity contribution is 8.26. The molecule has 168 valence electrons. The van der Waals surface area contributed by atoms with Crippen LogP contribution in [0.15, 0.2) is 46.9 Å². The molecule has 0 bridgehead atoms. The molecule has 0 unspecified atom stereocenters. The molecule has 1 aliphatic rings. The number of nitrogens with zero attached hydrogens (tertiary/aromatic N) is 2. The van der Waals surface area contributed by atoms with Crippen molar-refractivity contribution in [3.8, 4) is 0 Å². The zero-order valence-corrected chi connectivity index (χ0v) is 19.2. The lowest BCUT2D eigenvalue weighted by Crippen LogP contribution is -2.36. The van der Waals surface area contributed by atoms with E-state index in [4.69, 9.17) is 22.4 Å². The number of hydrogen-bond acceptors (Lipinski definition) is 5. The highest BCUT2D eigenvalue weighted by Gasteiger charge is 2.33. The molecule has 2 rings (SSSR count). The van der Waals surface area contributed by atoms with Crippen LogP contribution in [0.1, 0.15) is 12.5 Å². The Morgan fingerprint density at radius 1 is 1.20 bits per heavy atom. The maximum atomic E-state index is 12.1. The van der Waals surface area contributed by atoms with Crippen molar-refractivity contribution in [1.29, 1.82) is 0 Å². The van der Waals surface area contributed by atoms with Crippen LogP contribution in [0.5, 0.6) is 0 Å². The Morgan fingerprint density at radius 2 is 1.77 bits per heavy atom. The predicted octanol–water partition coefficient (Wildman–Crippen LogP) is 0.954. The maximum absolute atomic E-state index is 12.1. The number of aliphatic hydroxyl groups is 1. The molecule has 1 heterocycles. The molecule has 0 aromatic heterocycles. The SMILES string of the molecule is CC(=C\c1ccccc1)/C=C1/SC(=S)N(CC(=O)O)C1=O.C[N+](C)(C)CCO.O.O. The molecule has 1 saturated heterocycles. The minimum absolute atomic E-state index is 0. The lowest BCUT2D eigenvalue weighted by Gasteiger charge is -2.21. The molecule has 6 N–H and O–H groups in total. The van der Waals surface area contributed by atoms with Crippen LogP contribution in [0.3, 0.4) is 0 Å². The smallest absolute Gasteiger partial charge is 0.323 e. The maximum Gasteiger partial charge on any atom is 0.323 e. The van der Waals surface area contributed by atoms with E-state index < -0.39 is 12.5 Å². The molecule has 1 amide bonds. The van der Waals surface area contributed by atoms with Gasteiger partial charge in [-0.3, -0.25) is 14.5 Å². The van der Waals surface area contributed by atoms with Crippen LogP contribution >= 0.6 is 24.0 Å². The summed E-state index contributed by atoms with van der Waals surface area (Å²) in [5.41, 5.74) is 1.93. The van der Waals surface area contributed by atoms with E-state index in [-0.39, 0.29) is 27.8 Å². The van der Waals surface area contributed by atoms with Gasteiger partial charge in [-0.2, -0.15) is 0 Å². The highest BCUT2D eigenvalue weighted by atomic mass is 32.2. The molecule has 0 radical (unpaired) electrons. The first-order valence-electron chi connectivity index (χ1n) is 8.65. The van der Waals surface area contributed by atoms with Crippen LogP contribution in [-0.4, -0.2) is 87.6 Å². The number of aliphatic hydroxyl groups excluding tert-OH is 1. The molecule has 30 heavy (non-hydrogen) atoms. The summed E-state index contributed by atoms with van der Waals surface area (Å²) >= 11 is 6.17. The molecule has 1 aromatic rings. The zero-order chi connectivity index (χ0) is 21.3. The van der Waals surface area contributed by atoms with Crippen LogP contribution in [0, 0.1) is 0 Å². The standard InChI is InChI=1S/C15H13NO3S2.C5H14NO.2H2O/c1-10(7-11-5-3-2-4-6-11)8-12-14(19)16(9-13(17)18)15(20)21-12;1-6(2,3)4-5-7;;/h2-8H,9H2,1H3,(H,17,18);7H,4-5H2,1-3H3;2*1H2/q;+1;;/b10-7+,12-8+;;;. The number of likely N-dealkylation sites (N-methyl/N-ethyl adjacent to an activating group) is 1. The molecule has 0 aliphatic carbocycles. The van der Waals surface area contributed by atoms with E-state index in [9.17, 15) is 9.59 Å². The minimum Gasteiger partial charge on any atom is -0.480 e. The molecule has 10 heteroatoms. The Kier molecular flexibility index (Phi) is 14.1. The van der Waals surface area contributed by atoms with Crippen LogP contribution in [-0.2, 0) is 9.59 Å². The summed E-state index contributed by atoms with van der Waals surface area (Å²) in [6.45, 7) is 2.60. The molecule has 0 atom stereocenters. The predicted molar refractivity (Wildman–Crippen MR) is 125 cm³/mol. The number of aliphatic carboxylic acids is 1. The van der Waals surface area contributed by atoms with Gasteiger partial charge in [-0.05, 0) is 24.1 Å². The van der Waals surface area contributed by atoms with E-state index in [2.05, 4.69) is 21.1 Å². The van der Waals surface area contributed by atoms with Gasteiger partial charge in [-0.25, -0.2) is 0 Å². The van der Waals surface area contributed by atoms with E-state index >= 15 is 0 Å². The van der Waals surface area contributed by atoms with E-state index in [1.54, 1.807) is 6.08 Å². The summed E-state index contributed by atoms with van der Waals surface area (Å²) in [6, 6.07) is 9.74. The van der Waals surface area contributed by atoms with E-state index in [0.717, 1.165) is 38.8 Å². The van der Waals surface area contributed by atoms with E-state index in [0.29, 0.717) is 4.91 Å². The normalized spacial score (nSPS) is 15.2. The highest BCUT2D eigenvalue weighted by Crippen LogP contribution is 2.31. The first kappa shape index (κ1) is 30.1. The quantitative estimate of drug-likeness (QED) is 0.369. The van der Waals surface area contributed by atoms with Gasteiger partial charge in [0.25, 0.3) is 5.91 Å². The number of carbonyl (C=O) groups excluding carboxylic acids is 1. The second kappa shape index (κ2) is 14.0. The van der Waals surface area contributed by atoms with Gasteiger partial charge in [0.05, 0.1) is 32.7 Å². The van der Waals surface area contributed by atoms with Crippen molar-refractivity contribution in [1.82, 2.24) is 4.90 Å². The molecular formula is C20H31N2O6S2+. The fourth-order valence-corrected chi connectivity index (χ4v) is 3.44. The van der Waals surface area contributed by atoms with Gasteiger partial charge in [-0.15, -0.1) is 0 Å². The Morgan fingerprint density at radius 3 is 2.20 bits per heavy atom. The van der Waals surface area contributed by atoms with Crippen LogP contribution in [0.2, 0.25) is 0 Å². The van der Waals surface area contributed by atoms with Crippen molar-refractivity contribution < 1.29 is 35.2 Å². The second-order valence-electron chi connectivity index (χ2n) is 7.20. The number of amides is 1. The Labute approximate surface area is 186 Å². The lowest BCUT2D eigenvalue weighted by molar-refractivity contribution is -0.870. The Hall–Kier alpha value is -2.08. The number of thiocarbonyl (C=S) groups is 1. The Balaban J connectivity index is 0. The lowest BCUT2D eigenvalue weighted by atomic mass is 10.1. The van der Waals surface area contributed by atoms with Crippen LogP contribution in [0.4, 0.5) is 0 Å². The van der Waals surface area contributed by atoms with Crippen molar-refractivity contribution in [2.45, 2.75) is 6.92 Å². The second-order valence-corrected chi connectivity index (χ2v) is 8.87. The average Bonchev–Trinajstić information content (AvgIpc) is 2.82. The number of thioether (sulfide) groups is 1. The molecule has 1 aromatic carbocycles. The van der Waals surface area contributed by atoms with Gasteiger partial charge in [0.15, 0.2) is 0 Å². The van der Waals surface area contributed by atoms with E-state index in [1.165, 1.54) is 0 Å². The number of hydrogen-bond donors (Lipinski definition) is 2. The molecule has 1 fully saturated rings. The molecule has 8 nitrogen and oxygen atoms in total. The number of carboxylic acids is 1. The summed E-state index contributed by atoms with van der Waals surface area (Å²) < 4.78 is 1.12. The minimum atomic E-state index is -1.08. The molecule has 0 saturated carbocycles. The number of quaternary nitrogens is 1. The van der Waals surface area contributed by atoms with Crippen molar-refractivity contribution in [2.24, 2.45) is 0 Å². The van der Waals surface area contributed by atoms with E-state index in [1.807, 2.05) is 43.3 Å². The van der Waals surface area contributed by atoms with Crippen LogP contribution in [0.25, 0.3) is 6.08 Å². The fraction of sp³-hybridized carbons (Fsp3) is 0.350. The summed E-state index contributed by atoms with van der Waals surface area (Å²) in [7, 11) is 6.16. The molecule has 1 aliphatic heterocycles. The summed E-state index contributed by atoms with van der Waals surface area (Å²) in [4.78, 5) is 24.4. The first-order chi connectivity index (χ1) is 13.0. The third kappa shape index (κ3) is 11.2. The summed E-state index contributed by atoms with van der Waals surface area (Å²) in [5, 5.41) is 17.2. The third-order valence-electron chi connectivity index (χ3n) is 3.49. The van der Waals surface area contributed by atoms with Crippen molar-refractivity contribution in [3.05, 3.63) is 52.4 Å². The van der Waals surface area contributed by atoms with Crippen molar-refractivity contribution >= 4 is 46.3 Å². The van der Waals surface area contributed by atoms with Gasteiger partial charge >= 0.3 is 5.97 Å². The molecular weight excluding hydrogens is 428 g/mol. The van der Waals surface area contributed by atoms with Crippen molar-refractivity contribution in [2.75, 3.05) is 40.8 Å². The third-order valence-corrected chi connectivity index (χ3v) is 4.87. The monoisotopic (exact) mass is 459 g/mol. The largest absolute Gasteiger partial charge is 0.480 e. The number of allylic oxidation sites excluding steroid dienone is 2. The van der Waals surface area contributed by atoms with Gasteiger partial charge < -0.3 is 25.6 Å². The number of carbonyl (C=O) groups is 2. The summed E-state index contributed by atoms with van der Waals surface area (Å²) in [5.74, 6) is -1.43. The topological polar surface area (TPSA) is 141 Å². The summed E-state index contributed by atoms with van der Waals surface area (Å²) in [6.07, 6.45) is 3.68. The number of carboxylic acid groups (broad SMARTS) is 1. The number of benzene rings is 1. The van der Waals surface area contributed by atoms with Gasteiger partial charge in [0.1, 0.15) is 17.4 Å². The van der Waals surface area contributed by atoms with Gasteiger partial charge in [0.2, 0.25) is 0 Å². The van der Waals surface area contributed by atoms with Gasteiger partial charge in [0, 0.05) is 0 Å². The van der Waals surface area contributed by atoms with Crippen LogP contribution < -0.4 is 0 Å². The number of rotatable bonds is 6. The fourth-order valence-electron chi connectivity index (χ4n) is 2.13. The van der Waals surface area contributed by atoms with Gasteiger partial charge in [-0.1, -0.05) is 60.4 Å². The first-order valence-corrected chi connectivity index (χ1v) is 9.88. The Bertz CT molecular complexity index is 773. The van der Waals surface area contributed by atoms with Crippen molar-refractivity contribution in [3.63, 3.8) is 0 Å². The molecule has 0 spiro atoms. The average molecular weight is 460 g/mol. The zero-order valence-electron chi connectivity index (χ0n) is 17.6.